The van der Waals surface area contributed by atoms with Crippen LogP contribution >= 0.6 is 11.6 Å². The first-order chi connectivity index (χ1) is 7.66. The SMILES string of the molecule is Nc1nccnc1Oc1ccc(F)c(Cl)c1. The van der Waals surface area contributed by atoms with Crippen molar-refractivity contribution in [3.8, 4) is 11.6 Å². The summed E-state index contributed by atoms with van der Waals surface area (Å²) in [5.41, 5.74) is 5.53. The lowest BCUT2D eigenvalue weighted by molar-refractivity contribution is 0.461. The number of nitrogens with zero attached hydrogens (tertiary/aromatic N) is 2. The lowest BCUT2D eigenvalue weighted by Gasteiger charge is -2.06. The molecule has 82 valence electrons. The van der Waals surface area contributed by atoms with Gasteiger partial charge in [0, 0.05) is 18.5 Å². The second kappa shape index (κ2) is 4.32. The Labute approximate surface area is 95.9 Å². The molecule has 0 unspecified atom stereocenters. The van der Waals surface area contributed by atoms with Crippen LogP contribution < -0.4 is 10.5 Å². The Balaban J connectivity index is 2.28. The number of rotatable bonds is 2. The van der Waals surface area contributed by atoms with Gasteiger partial charge in [0.15, 0.2) is 5.82 Å². The highest BCUT2D eigenvalue weighted by atomic mass is 35.5. The predicted octanol–water partition coefficient (Wildman–Crippen LogP) is 2.64. The Morgan fingerprint density at radius 3 is 2.69 bits per heavy atom. The summed E-state index contributed by atoms with van der Waals surface area (Å²) in [5, 5.41) is -0.0278. The van der Waals surface area contributed by atoms with Gasteiger partial charge < -0.3 is 10.5 Å². The average Bonchev–Trinajstić information content (AvgIpc) is 2.27. The third-order valence-electron chi connectivity index (χ3n) is 1.80. The fourth-order valence-corrected chi connectivity index (χ4v) is 1.24. The molecule has 0 atom stereocenters. The molecule has 2 rings (SSSR count). The van der Waals surface area contributed by atoms with Crippen molar-refractivity contribution in [3.05, 3.63) is 41.4 Å². The molecule has 1 aromatic heterocycles. The number of benzene rings is 1. The first-order valence-electron chi connectivity index (χ1n) is 4.36. The summed E-state index contributed by atoms with van der Waals surface area (Å²) in [4.78, 5) is 7.68. The predicted molar refractivity (Wildman–Crippen MR) is 57.9 cm³/mol. The van der Waals surface area contributed by atoms with Crippen LogP contribution in [0.25, 0.3) is 0 Å². The Kier molecular flexibility index (Phi) is 2.87. The van der Waals surface area contributed by atoms with Gasteiger partial charge in [-0.1, -0.05) is 11.6 Å². The first kappa shape index (κ1) is 10.6. The van der Waals surface area contributed by atoms with E-state index in [-0.39, 0.29) is 16.7 Å². The summed E-state index contributed by atoms with van der Waals surface area (Å²) in [7, 11) is 0. The van der Waals surface area contributed by atoms with E-state index in [4.69, 9.17) is 22.1 Å². The van der Waals surface area contributed by atoms with Gasteiger partial charge >= 0.3 is 0 Å². The van der Waals surface area contributed by atoms with E-state index in [9.17, 15) is 4.39 Å². The summed E-state index contributed by atoms with van der Waals surface area (Å²) in [6, 6.07) is 3.96. The average molecular weight is 240 g/mol. The maximum absolute atomic E-state index is 12.9. The van der Waals surface area contributed by atoms with Gasteiger partial charge in [-0.05, 0) is 12.1 Å². The zero-order chi connectivity index (χ0) is 11.5. The van der Waals surface area contributed by atoms with Crippen LogP contribution in [-0.4, -0.2) is 9.97 Å². The molecule has 0 aliphatic heterocycles. The number of halogens is 2. The zero-order valence-corrected chi connectivity index (χ0v) is 8.78. The van der Waals surface area contributed by atoms with Crippen LogP contribution in [0.4, 0.5) is 10.2 Å². The third-order valence-corrected chi connectivity index (χ3v) is 2.09. The van der Waals surface area contributed by atoms with E-state index < -0.39 is 5.82 Å². The fraction of sp³-hybridized carbons (Fsp3) is 0. The molecule has 1 aromatic carbocycles. The smallest absolute Gasteiger partial charge is 0.262 e. The quantitative estimate of drug-likeness (QED) is 0.875. The lowest BCUT2D eigenvalue weighted by atomic mass is 10.3. The molecule has 0 amide bonds. The highest BCUT2D eigenvalue weighted by Gasteiger charge is 2.06. The van der Waals surface area contributed by atoms with Crippen LogP contribution in [0.2, 0.25) is 5.02 Å². The molecule has 0 saturated carbocycles. The van der Waals surface area contributed by atoms with Crippen molar-refractivity contribution in [1.29, 1.82) is 0 Å². The van der Waals surface area contributed by atoms with Gasteiger partial charge in [0.25, 0.3) is 5.88 Å². The van der Waals surface area contributed by atoms with Crippen LogP contribution in [0.15, 0.2) is 30.6 Å². The Morgan fingerprint density at radius 1 is 1.25 bits per heavy atom. The number of anilines is 1. The van der Waals surface area contributed by atoms with Gasteiger partial charge in [0.05, 0.1) is 5.02 Å². The minimum atomic E-state index is -0.513. The molecule has 2 aromatic rings. The van der Waals surface area contributed by atoms with Crippen LogP contribution in [0.1, 0.15) is 0 Å². The van der Waals surface area contributed by atoms with E-state index in [1.54, 1.807) is 0 Å². The van der Waals surface area contributed by atoms with Gasteiger partial charge in [0.1, 0.15) is 11.6 Å². The second-order valence-corrected chi connectivity index (χ2v) is 3.33. The minimum absolute atomic E-state index is 0.0278. The number of nitrogen functional groups attached to an aromatic ring is 1. The number of aromatic nitrogens is 2. The van der Waals surface area contributed by atoms with E-state index in [1.165, 1.54) is 30.6 Å². The van der Waals surface area contributed by atoms with Crippen molar-refractivity contribution >= 4 is 17.4 Å². The summed E-state index contributed by atoms with van der Waals surface area (Å²) in [5.74, 6) is 0.146. The minimum Gasteiger partial charge on any atom is -0.436 e. The molecule has 0 radical (unpaired) electrons. The zero-order valence-electron chi connectivity index (χ0n) is 8.02. The van der Waals surface area contributed by atoms with Gasteiger partial charge in [-0.2, -0.15) is 0 Å². The highest BCUT2D eigenvalue weighted by molar-refractivity contribution is 6.30. The van der Waals surface area contributed by atoms with E-state index in [2.05, 4.69) is 9.97 Å². The van der Waals surface area contributed by atoms with Gasteiger partial charge in [-0.15, -0.1) is 0 Å². The molecule has 2 N–H and O–H groups in total. The molecule has 0 spiro atoms. The monoisotopic (exact) mass is 239 g/mol. The van der Waals surface area contributed by atoms with Crippen molar-refractivity contribution in [2.24, 2.45) is 0 Å². The van der Waals surface area contributed by atoms with Crippen LogP contribution in [0.3, 0.4) is 0 Å². The van der Waals surface area contributed by atoms with Crippen molar-refractivity contribution in [3.63, 3.8) is 0 Å². The summed E-state index contributed by atoms with van der Waals surface area (Å²) < 4.78 is 18.2. The molecule has 4 nitrogen and oxygen atoms in total. The van der Waals surface area contributed by atoms with Gasteiger partial charge in [-0.25, -0.2) is 14.4 Å². The van der Waals surface area contributed by atoms with Crippen LogP contribution in [-0.2, 0) is 0 Å². The molecule has 6 heteroatoms. The lowest BCUT2D eigenvalue weighted by Crippen LogP contribution is -1.97. The van der Waals surface area contributed by atoms with E-state index >= 15 is 0 Å². The summed E-state index contributed by atoms with van der Waals surface area (Å²) in [6.45, 7) is 0. The van der Waals surface area contributed by atoms with E-state index in [1.807, 2.05) is 0 Å². The van der Waals surface area contributed by atoms with Gasteiger partial charge in [0.2, 0.25) is 0 Å². The fourth-order valence-electron chi connectivity index (χ4n) is 1.07. The second-order valence-electron chi connectivity index (χ2n) is 2.92. The molecule has 0 fully saturated rings. The van der Waals surface area contributed by atoms with Crippen LogP contribution in [0.5, 0.6) is 11.6 Å². The molecule has 0 bridgehead atoms. The third kappa shape index (κ3) is 2.20. The largest absolute Gasteiger partial charge is 0.436 e. The summed E-state index contributed by atoms with van der Waals surface area (Å²) >= 11 is 5.60. The van der Waals surface area contributed by atoms with Crippen molar-refractivity contribution in [2.75, 3.05) is 5.73 Å². The maximum atomic E-state index is 12.9. The number of nitrogens with two attached hydrogens (primary N) is 1. The molecular formula is C10H7ClFN3O. The summed E-state index contributed by atoms with van der Waals surface area (Å²) in [6.07, 6.45) is 2.89. The van der Waals surface area contributed by atoms with Gasteiger partial charge in [-0.3, -0.25) is 0 Å². The Hall–Kier alpha value is -1.88. The topological polar surface area (TPSA) is 61.0 Å². The van der Waals surface area contributed by atoms with E-state index in [0.717, 1.165) is 0 Å². The Bertz CT molecular complexity index is 521. The number of ether oxygens (including phenoxy) is 1. The molecule has 16 heavy (non-hydrogen) atoms. The first-order valence-corrected chi connectivity index (χ1v) is 4.74. The highest BCUT2D eigenvalue weighted by Crippen LogP contribution is 2.26. The standard InChI is InChI=1S/C10H7ClFN3O/c11-7-5-6(1-2-8(7)12)16-10-9(13)14-3-4-15-10/h1-5H,(H2,13,14). The normalized spacial score (nSPS) is 10.1. The van der Waals surface area contributed by atoms with Crippen molar-refractivity contribution in [2.45, 2.75) is 0 Å². The molecule has 0 aliphatic carbocycles. The van der Waals surface area contributed by atoms with Crippen LogP contribution in [0, 0.1) is 5.82 Å². The molecule has 0 aliphatic rings. The molecular weight excluding hydrogens is 233 g/mol. The van der Waals surface area contributed by atoms with Crippen molar-refractivity contribution < 1.29 is 9.13 Å². The number of hydrogen-bond acceptors (Lipinski definition) is 4. The Morgan fingerprint density at radius 2 is 2.00 bits per heavy atom. The molecule has 0 saturated heterocycles. The number of hydrogen-bond donors (Lipinski definition) is 1. The van der Waals surface area contributed by atoms with E-state index in [0.29, 0.717) is 5.75 Å². The maximum Gasteiger partial charge on any atom is 0.262 e. The van der Waals surface area contributed by atoms with Crippen molar-refractivity contribution in [1.82, 2.24) is 9.97 Å². The molecule has 1 heterocycles.